The van der Waals surface area contributed by atoms with Crippen molar-refractivity contribution in [3.05, 3.63) is 34.6 Å². The van der Waals surface area contributed by atoms with E-state index in [0.29, 0.717) is 23.4 Å². The molecule has 1 N–H and O–H groups in total. The Bertz CT molecular complexity index is 578. The van der Waals surface area contributed by atoms with Crippen LogP contribution >= 0.6 is 0 Å². The second-order valence-electron chi connectivity index (χ2n) is 4.51. The van der Waals surface area contributed by atoms with E-state index in [4.69, 9.17) is 0 Å². The maximum Gasteiger partial charge on any atom is 0.277 e. The second-order valence-corrected chi connectivity index (χ2v) is 4.51. The van der Waals surface area contributed by atoms with Crippen molar-refractivity contribution in [2.24, 2.45) is 5.92 Å². The summed E-state index contributed by atoms with van der Waals surface area (Å²) in [6.07, 6.45) is 0. The lowest BCUT2D eigenvalue weighted by molar-refractivity contribution is 0.405. The van der Waals surface area contributed by atoms with Gasteiger partial charge in [0.25, 0.3) is 5.56 Å². The first-order chi connectivity index (χ1) is 8.72. The minimum Gasteiger partial charge on any atom is -0.317 e. The molecule has 96 valence electrons. The molecule has 18 heavy (non-hydrogen) atoms. The van der Waals surface area contributed by atoms with E-state index in [1.54, 1.807) is 12.1 Å². The zero-order chi connectivity index (χ0) is 13.0. The Morgan fingerprint density at radius 2 is 2.17 bits per heavy atom. The predicted octanol–water partition coefficient (Wildman–Crippen LogP) is 1.04. The van der Waals surface area contributed by atoms with Gasteiger partial charge in [-0.3, -0.25) is 4.79 Å². The average molecular weight is 246 g/mol. The van der Waals surface area contributed by atoms with Crippen LogP contribution in [-0.2, 0) is 6.54 Å². The van der Waals surface area contributed by atoms with E-state index in [2.05, 4.69) is 29.5 Å². The molecular formula is C13H18N4O. The molecule has 0 fully saturated rings. The van der Waals surface area contributed by atoms with Crippen molar-refractivity contribution in [2.45, 2.75) is 20.4 Å². The Morgan fingerprint density at radius 3 is 2.94 bits per heavy atom. The van der Waals surface area contributed by atoms with Crippen molar-refractivity contribution >= 4 is 10.9 Å². The van der Waals surface area contributed by atoms with Crippen molar-refractivity contribution in [2.75, 3.05) is 13.1 Å². The lowest BCUT2D eigenvalue weighted by atomic mass is 10.2. The summed E-state index contributed by atoms with van der Waals surface area (Å²) in [5.74, 6) is 0.345. The minimum absolute atomic E-state index is 0.0658. The molecule has 0 aliphatic carbocycles. The minimum atomic E-state index is -0.0658. The summed E-state index contributed by atoms with van der Waals surface area (Å²) in [7, 11) is 0. The van der Waals surface area contributed by atoms with Crippen LogP contribution in [0, 0.1) is 5.92 Å². The topological polar surface area (TPSA) is 59.8 Å². The van der Waals surface area contributed by atoms with E-state index in [-0.39, 0.29) is 5.56 Å². The molecule has 0 spiro atoms. The SMILES string of the molecule is CCNCC(C)Cn1nnc2ccccc2c1=O. The summed E-state index contributed by atoms with van der Waals surface area (Å²) in [6, 6.07) is 7.29. The molecular weight excluding hydrogens is 228 g/mol. The smallest absolute Gasteiger partial charge is 0.277 e. The summed E-state index contributed by atoms with van der Waals surface area (Å²) in [6.45, 7) is 6.55. The molecule has 0 amide bonds. The normalized spacial score (nSPS) is 12.8. The van der Waals surface area contributed by atoms with E-state index < -0.39 is 0 Å². The van der Waals surface area contributed by atoms with Crippen LogP contribution in [0.4, 0.5) is 0 Å². The third-order valence-electron chi connectivity index (χ3n) is 2.86. The van der Waals surface area contributed by atoms with Crippen molar-refractivity contribution in [1.82, 2.24) is 20.3 Å². The van der Waals surface area contributed by atoms with Crippen molar-refractivity contribution in [3.63, 3.8) is 0 Å². The van der Waals surface area contributed by atoms with Gasteiger partial charge in [0.15, 0.2) is 0 Å². The number of fused-ring (bicyclic) bond motifs is 1. The van der Waals surface area contributed by atoms with Gasteiger partial charge in [0, 0.05) is 0 Å². The second kappa shape index (κ2) is 5.73. The van der Waals surface area contributed by atoms with Gasteiger partial charge in [-0.05, 0) is 31.1 Å². The molecule has 0 saturated carbocycles. The Labute approximate surface area is 106 Å². The highest BCUT2D eigenvalue weighted by Gasteiger charge is 2.08. The summed E-state index contributed by atoms with van der Waals surface area (Å²) in [5, 5.41) is 11.9. The average Bonchev–Trinajstić information content (AvgIpc) is 2.40. The molecule has 1 aromatic heterocycles. The highest BCUT2D eigenvalue weighted by Crippen LogP contribution is 2.04. The fraction of sp³-hybridized carbons (Fsp3) is 0.462. The van der Waals surface area contributed by atoms with Crippen LogP contribution < -0.4 is 10.9 Å². The van der Waals surface area contributed by atoms with Crippen LogP contribution in [0.25, 0.3) is 10.9 Å². The van der Waals surface area contributed by atoms with Crippen molar-refractivity contribution in [1.29, 1.82) is 0 Å². The summed E-state index contributed by atoms with van der Waals surface area (Å²) >= 11 is 0. The largest absolute Gasteiger partial charge is 0.317 e. The molecule has 2 rings (SSSR count). The van der Waals surface area contributed by atoms with Crippen molar-refractivity contribution < 1.29 is 0 Å². The first-order valence-corrected chi connectivity index (χ1v) is 6.25. The van der Waals surface area contributed by atoms with Gasteiger partial charge in [-0.1, -0.05) is 31.2 Å². The predicted molar refractivity (Wildman–Crippen MR) is 71.5 cm³/mol. The lowest BCUT2D eigenvalue weighted by Crippen LogP contribution is -2.31. The van der Waals surface area contributed by atoms with Gasteiger partial charge in [-0.25, -0.2) is 4.68 Å². The Hall–Kier alpha value is -1.75. The number of aromatic nitrogens is 3. The number of hydrogen-bond acceptors (Lipinski definition) is 4. The zero-order valence-electron chi connectivity index (χ0n) is 10.8. The van der Waals surface area contributed by atoms with E-state index in [0.717, 1.165) is 13.1 Å². The van der Waals surface area contributed by atoms with Crippen LogP contribution in [-0.4, -0.2) is 28.1 Å². The first kappa shape index (κ1) is 12.7. The molecule has 0 radical (unpaired) electrons. The van der Waals surface area contributed by atoms with Crippen LogP contribution in [0.15, 0.2) is 29.1 Å². The molecule has 0 aliphatic heterocycles. The van der Waals surface area contributed by atoms with Crippen molar-refractivity contribution in [3.8, 4) is 0 Å². The first-order valence-electron chi connectivity index (χ1n) is 6.25. The van der Waals surface area contributed by atoms with E-state index in [9.17, 15) is 4.79 Å². The third-order valence-corrected chi connectivity index (χ3v) is 2.86. The fourth-order valence-electron chi connectivity index (χ4n) is 1.89. The number of nitrogens with one attached hydrogen (secondary N) is 1. The lowest BCUT2D eigenvalue weighted by Gasteiger charge is -2.12. The highest BCUT2D eigenvalue weighted by molar-refractivity contribution is 5.76. The number of benzene rings is 1. The highest BCUT2D eigenvalue weighted by atomic mass is 16.1. The zero-order valence-corrected chi connectivity index (χ0v) is 10.8. The number of rotatable bonds is 5. The Kier molecular flexibility index (Phi) is 4.04. The van der Waals surface area contributed by atoms with Gasteiger partial charge >= 0.3 is 0 Å². The quantitative estimate of drug-likeness (QED) is 0.856. The van der Waals surface area contributed by atoms with E-state index >= 15 is 0 Å². The van der Waals surface area contributed by atoms with Gasteiger partial charge in [-0.2, -0.15) is 0 Å². The monoisotopic (exact) mass is 246 g/mol. The molecule has 0 saturated heterocycles. The van der Waals surface area contributed by atoms with E-state index in [1.807, 2.05) is 12.1 Å². The molecule has 5 nitrogen and oxygen atoms in total. The Morgan fingerprint density at radius 1 is 1.39 bits per heavy atom. The maximum atomic E-state index is 12.2. The van der Waals surface area contributed by atoms with Crippen LogP contribution in [0.3, 0.4) is 0 Å². The summed E-state index contributed by atoms with van der Waals surface area (Å²) in [4.78, 5) is 12.2. The number of nitrogens with zero attached hydrogens (tertiary/aromatic N) is 3. The summed E-state index contributed by atoms with van der Waals surface area (Å²) in [5.41, 5.74) is 0.585. The molecule has 1 heterocycles. The standard InChI is InChI=1S/C13H18N4O/c1-3-14-8-10(2)9-17-13(18)11-6-4-5-7-12(11)15-16-17/h4-7,10,14H,3,8-9H2,1-2H3. The molecule has 1 atom stereocenters. The van der Waals surface area contributed by atoms with Gasteiger partial charge in [0.1, 0.15) is 5.52 Å². The molecule has 1 unspecified atom stereocenters. The third kappa shape index (κ3) is 2.73. The van der Waals surface area contributed by atoms with Crippen LogP contribution in [0.2, 0.25) is 0 Å². The van der Waals surface area contributed by atoms with Crippen LogP contribution in [0.5, 0.6) is 0 Å². The van der Waals surface area contributed by atoms with Crippen LogP contribution in [0.1, 0.15) is 13.8 Å². The molecule has 5 heteroatoms. The molecule has 0 aliphatic rings. The fourth-order valence-corrected chi connectivity index (χ4v) is 1.89. The van der Waals surface area contributed by atoms with E-state index in [1.165, 1.54) is 4.68 Å². The van der Waals surface area contributed by atoms with Gasteiger partial charge < -0.3 is 5.32 Å². The molecule has 1 aromatic carbocycles. The maximum absolute atomic E-state index is 12.2. The van der Waals surface area contributed by atoms with Gasteiger partial charge in [0.2, 0.25) is 0 Å². The van der Waals surface area contributed by atoms with Gasteiger partial charge in [-0.15, -0.1) is 5.10 Å². The molecule has 2 aromatic rings. The Balaban J connectivity index is 2.24. The number of hydrogen-bond donors (Lipinski definition) is 1. The molecule has 0 bridgehead atoms. The van der Waals surface area contributed by atoms with Gasteiger partial charge in [0.05, 0.1) is 11.9 Å². The summed E-state index contributed by atoms with van der Waals surface area (Å²) < 4.78 is 1.45.